The van der Waals surface area contributed by atoms with Crippen LogP contribution in [-0.4, -0.2) is 11.7 Å². The van der Waals surface area contributed by atoms with Gasteiger partial charge in [-0.1, -0.05) is 15.9 Å². The zero-order chi connectivity index (χ0) is 13.9. The average Bonchev–Trinajstić information content (AvgIpc) is 2.18. The lowest BCUT2D eigenvalue weighted by Gasteiger charge is -2.22. The highest BCUT2D eigenvalue weighted by atomic mass is 79.9. The largest absolute Gasteiger partial charge is 0.444 e. The Balaban J connectivity index is 2.73. The molecular weight excluding hydrogens is 301 g/mol. The van der Waals surface area contributed by atoms with Gasteiger partial charge in [0.25, 0.3) is 0 Å². The predicted molar refractivity (Wildman–Crippen MR) is 71.9 cm³/mol. The van der Waals surface area contributed by atoms with E-state index in [1.165, 1.54) is 6.07 Å². The number of hydrogen-bond acceptors (Lipinski definition) is 2. The number of carbonyl (C=O) groups is 1. The number of nitrogens with one attached hydrogen (secondary N) is 1. The van der Waals surface area contributed by atoms with E-state index < -0.39 is 17.7 Å². The summed E-state index contributed by atoms with van der Waals surface area (Å²) >= 11 is 3.27. The number of hydrogen-bond donors (Lipinski definition) is 1. The van der Waals surface area contributed by atoms with Gasteiger partial charge >= 0.3 is 6.09 Å². The van der Waals surface area contributed by atoms with E-state index in [1.54, 1.807) is 39.8 Å². The second kappa shape index (κ2) is 5.69. The first kappa shape index (κ1) is 15.0. The lowest BCUT2D eigenvalue weighted by atomic mass is 10.1. The lowest BCUT2D eigenvalue weighted by molar-refractivity contribution is 0.0507. The Morgan fingerprint density at radius 3 is 2.61 bits per heavy atom. The van der Waals surface area contributed by atoms with Gasteiger partial charge in [0.1, 0.15) is 11.4 Å². The molecule has 1 amide bonds. The van der Waals surface area contributed by atoms with Gasteiger partial charge in [-0.05, 0) is 45.9 Å². The van der Waals surface area contributed by atoms with E-state index >= 15 is 0 Å². The van der Waals surface area contributed by atoms with Crippen molar-refractivity contribution in [1.29, 1.82) is 0 Å². The molecule has 0 radical (unpaired) electrons. The maximum Gasteiger partial charge on any atom is 0.408 e. The first-order valence-corrected chi connectivity index (χ1v) is 6.43. The minimum absolute atomic E-state index is 0.359. The van der Waals surface area contributed by atoms with E-state index in [4.69, 9.17) is 4.74 Å². The van der Waals surface area contributed by atoms with Crippen LogP contribution in [0.15, 0.2) is 22.7 Å². The molecule has 0 aromatic heterocycles. The maximum atomic E-state index is 13.6. The Bertz CT molecular complexity index is 443. The standard InChI is InChI=1S/C13H17BrFNO2/c1-8(16-12(17)18-13(2,3)4)10-7-9(14)5-6-11(10)15/h5-8H,1-4H3,(H,16,17). The van der Waals surface area contributed by atoms with Crippen molar-refractivity contribution in [3.63, 3.8) is 0 Å². The molecule has 5 heteroatoms. The van der Waals surface area contributed by atoms with E-state index in [1.807, 2.05) is 0 Å². The van der Waals surface area contributed by atoms with Crippen molar-refractivity contribution in [3.8, 4) is 0 Å². The van der Waals surface area contributed by atoms with Crippen molar-refractivity contribution in [1.82, 2.24) is 5.32 Å². The van der Waals surface area contributed by atoms with Crippen LogP contribution in [0.4, 0.5) is 9.18 Å². The Labute approximate surface area is 115 Å². The summed E-state index contributed by atoms with van der Waals surface area (Å²) in [6, 6.07) is 4.14. The van der Waals surface area contributed by atoms with Crippen molar-refractivity contribution in [2.24, 2.45) is 0 Å². The van der Waals surface area contributed by atoms with Gasteiger partial charge in [-0.15, -0.1) is 0 Å². The highest BCUT2D eigenvalue weighted by Crippen LogP contribution is 2.21. The van der Waals surface area contributed by atoms with E-state index in [-0.39, 0.29) is 5.82 Å². The summed E-state index contributed by atoms with van der Waals surface area (Å²) in [6.45, 7) is 7.03. The summed E-state index contributed by atoms with van der Waals surface area (Å²) < 4.78 is 19.5. The third-order valence-corrected chi connectivity index (χ3v) is 2.65. The molecule has 0 aliphatic rings. The average molecular weight is 318 g/mol. The summed E-state index contributed by atoms with van der Waals surface area (Å²) in [7, 11) is 0. The molecule has 1 aromatic rings. The molecule has 0 saturated carbocycles. The molecule has 1 unspecified atom stereocenters. The topological polar surface area (TPSA) is 38.3 Å². The molecule has 100 valence electrons. The minimum Gasteiger partial charge on any atom is -0.444 e. The first-order valence-electron chi connectivity index (χ1n) is 5.63. The lowest BCUT2D eigenvalue weighted by Crippen LogP contribution is -2.34. The molecule has 0 bridgehead atoms. The molecule has 0 aliphatic carbocycles. The van der Waals surface area contributed by atoms with Crippen LogP contribution >= 0.6 is 15.9 Å². The third-order valence-electron chi connectivity index (χ3n) is 2.16. The Hall–Kier alpha value is -1.10. The zero-order valence-electron chi connectivity index (χ0n) is 10.9. The third kappa shape index (κ3) is 4.64. The Morgan fingerprint density at radius 1 is 1.44 bits per heavy atom. The zero-order valence-corrected chi connectivity index (χ0v) is 12.5. The summed E-state index contributed by atoms with van der Waals surface area (Å²) in [5.41, 5.74) is -0.158. The molecule has 0 heterocycles. The maximum absolute atomic E-state index is 13.6. The normalized spacial score (nSPS) is 13.0. The summed E-state index contributed by atoms with van der Waals surface area (Å²) in [6.07, 6.45) is -0.561. The van der Waals surface area contributed by atoms with Crippen molar-refractivity contribution < 1.29 is 13.9 Å². The van der Waals surface area contributed by atoms with Crippen molar-refractivity contribution in [2.45, 2.75) is 39.3 Å². The van der Waals surface area contributed by atoms with Crippen LogP contribution in [0, 0.1) is 5.82 Å². The molecule has 1 rings (SSSR count). The molecule has 3 nitrogen and oxygen atoms in total. The van der Waals surface area contributed by atoms with Crippen molar-refractivity contribution in [2.75, 3.05) is 0 Å². The van der Waals surface area contributed by atoms with Crippen molar-refractivity contribution in [3.05, 3.63) is 34.1 Å². The molecule has 0 saturated heterocycles. The number of benzene rings is 1. The highest BCUT2D eigenvalue weighted by molar-refractivity contribution is 9.10. The predicted octanol–water partition coefficient (Wildman–Crippen LogP) is 4.17. The van der Waals surface area contributed by atoms with Gasteiger partial charge in [0.2, 0.25) is 0 Å². The Morgan fingerprint density at radius 2 is 2.06 bits per heavy atom. The smallest absolute Gasteiger partial charge is 0.408 e. The van der Waals surface area contributed by atoms with Crippen LogP contribution in [0.3, 0.4) is 0 Å². The summed E-state index contributed by atoms with van der Waals surface area (Å²) in [4.78, 5) is 11.6. The van der Waals surface area contributed by atoms with Gasteiger partial charge in [0.05, 0.1) is 6.04 Å². The van der Waals surface area contributed by atoms with Gasteiger partial charge in [-0.2, -0.15) is 0 Å². The van der Waals surface area contributed by atoms with E-state index in [9.17, 15) is 9.18 Å². The molecule has 0 spiro atoms. The number of rotatable bonds is 2. The molecule has 0 aliphatic heterocycles. The molecule has 0 fully saturated rings. The number of halogens is 2. The van der Waals surface area contributed by atoms with E-state index in [0.717, 1.165) is 4.47 Å². The molecule has 18 heavy (non-hydrogen) atoms. The molecular formula is C13H17BrFNO2. The second-order valence-corrected chi connectivity index (χ2v) is 5.95. The van der Waals surface area contributed by atoms with Crippen LogP contribution in [0.1, 0.15) is 39.3 Å². The summed E-state index contributed by atoms with van der Waals surface area (Å²) in [5.74, 6) is -0.359. The first-order chi connectivity index (χ1) is 8.19. The molecule has 1 atom stereocenters. The monoisotopic (exact) mass is 317 g/mol. The molecule has 1 aromatic carbocycles. The van der Waals surface area contributed by atoms with Gasteiger partial charge in [-0.3, -0.25) is 0 Å². The second-order valence-electron chi connectivity index (χ2n) is 5.03. The minimum atomic E-state index is -0.570. The van der Waals surface area contributed by atoms with Crippen LogP contribution in [0.2, 0.25) is 0 Å². The van der Waals surface area contributed by atoms with E-state index in [0.29, 0.717) is 5.56 Å². The van der Waals surface area contributed by atoms with Crippen LogP contribution in [0.5, 0.6) is 0 Å². The SMILES string of the molecule is CC(NC(=O)OC(C)(C)C)c1cc(Br)ccc1F. The number of alkyl carbamates (subject to hydrolysis) is 1. The Kier molecular flexibility index (Phi) is 4.73. The van der Waals surface area contributed by atoms with Crippen LogP contribution in [-0.2, 0) is 4.74 Å². The highest BCUT2D eigenvalue weighted by Gasteiger charge is 2.19. The van der Waals surface area contributed by atoms with Crippen molar-refractivity contribution >= 4 is 22.0 Å². The number of ether oxygens (including phenoxy) is 1. The number of carbonyl (C=O) groups excluding carboxylic acids is 1. The summed E-state index contributed by atoms with van der Waals surface area (Å²) in [5, 5.41) is 2.60. The van der Waals surface area contributed by atoms with Crippen LogP contribution in [0.25, 0.3) is 0 Å². The fraction of sp³-hybridized carbons (Fsp3) is 0.462. The fourth-order valence-corrected chi connectivity index (χ4v) is 1.79. The van der Waals surface area contributed by atoms with Crippen LogP contribution < -0.4 is 5.32 Å². The van der Waals surface area contributed by atoms with Gasteiger partial charge < -0.3 is 10.1 Å². The fourth-order valence-electron chi connectivity index (χ4n) is 1.41. The van der Waals surface area contributed by atoms with Gasteiger partial charge in [-0.25, -0.2) is 9.18 Å². The quantitative estimate of drug-likeness (QED) is 0.888. The molecule has 1 N–H and O–H groups in total. The van der Waals surface area contributed by atoms with Gasteiger partial charge in [0.15, 0.2) is 0 Å². The number of amides is 1. The van der Waals surface area contributed by atoms with E-state index in [2.05, 4.69) is 21.2 Å². The van der Waals surface area contributed by atoms with Gasteiger partial charge in [0, 0.05) is 10.0 Å².